The van der Waals surface area contributed by atoms with Crippen LogP contribution in [0.5, 0.6) is 5.75 Å². The minimum absolute atomic E-state index is 0.0497. The first-order chi connectivity index (χ1) is 10.2. The highest BCUT2D eigenvalue weighted by Gasteiger charge is 2.21. The summed E-state index contributed by atoms with van der Waals surface area (Å²) in [5.41, 5.74) is 6.61. The molecule has 0 unspecified atom stereocenters. The number of carbonyl (C=O) groups excluding carboxylic acids is 1. The molecule has 116 valence electrons. The first-order valence-corrected chi connectivity index (χ1v) is 7.89. The van der Waals surface area contributed by atoms with E-state index < -0.39 is 0 Å². The molecular weight excluding hydrogens is 264 g/mol. The number of hydrogen-bond donors (Lipinski definition) is 1. The zero-order valence-corrected chi connectivity index (χ0v) is 12.9. The van der Waals surface area contributed by atoms with E-state index in [2.05, 4.69) is 0 Å². The predicted molar refractivity (Wildman–Crippen MR) is 84.1 cm³/mol. The van der Waals surface area contributed by atoms with Crippen molar-refractivity contribution in [1.29, 1.82) is 0 Å². The van der Waals surface area contributed by atoms with Gasteiger partial charge in [0.25, 0.3) is 5.91 Å². The van der Waals surface area contributed by atoms with Crippen molar-refractivity contribution in [3.8, 4) is 5.75 Å². The van der Waals surface area contributed by atoms with Gasteiger partial charge in [-0.15, -0.1) is 0 Å². The highest BCUT2D eigenvalue weighted by Crippen LogP contribution is 2.22. The lowest BCUT2D eigenvalue weighted by Gasteiger charge is -2.27. The van der Waals surface area contributed by atoms with Gasteiger partial charge in [0.2, 0.25) is 0 Å². The highest BCUT2D eigenvalue weighted by atomic mass is 16.5. The molecule has 1 aliphatic rings. The maximum Gasteiger partial charge on any atom is 0.260 e. The number of amides is 1. The maximum atomic E-state index is 12.3. The zero-order chi connectivity index (χ0) is 15.1. The second-order valence-corrected chi connectivity index (χ2v) is 5.75. The van der Waals surface area contributed by atoms with E-state index in [1.54, 1.807) is 0 Å². The smallest absolute Gasteiger partial charge is 0.260 e. The van der Waals surface area contributed by atoms with Crippen molar-refractivity contribution in [3.63, 3.8) is 0 Å². The molecule has 21 heavy (non-hydrogen) atoms. The lowest BCUT2D eigenvalue weighted by Crippen LogP contribution is -2.39. The van der Waals surface area contributed by atoms with Gasteiger partial charge in [-0.3, -0.25) is 4.79 Å². The number of rotatable bonds is 5. The van der Waals surface area contributed by atoms with Crippen molar-refractivity contribution in [2.45, 2.75) is 51.1 Å². The van der Waals surface area contributed by atoms with Gasteiger partial charge in [0.1, 0.15) is 5.75 Å². The van der Waals surface area contributed by atoms with E-state index in [0.29, 0.717) is 18.3 Å². The van der Waals surface area contributed by atoms with Gasteiger partial charge in [0.15, 0.2) is 6.61 Å². The van der Waals surface area contributed by atoms with Crippen LogP contribution in [0, 0.1) is 0 Å². The van der Waals surface area contributed by atoms with Crippen LogP contribution >= 0.6 is 0 Å². The minimum atomic E-state index is 0.0497. The normalized spacial score (nSPS) is 16.3. The SMILES string of the molecule is CN(C(=O)COc1ccccc1CN)C1CCCCCC1. The zero-order valence-electron chi connectivity index (χ0n) is 12.9. The number of ether oxygens (including phenoxy) is 1. The van der Waals surface area contributed by atoms with Gasteiger partial charge in [0.05, 0.1) is 0 Å². The summed E-state index contributed by atoms with van der Waals surface area (Å²) in [5, 5.41) is 0. The fourth-order valence-corrected chi connectivity index (χ4v) is 2.90. The molecule has 1 aliphatic carbocycles. The Labute approximate surface area is 127 Å². The number of likely N-dealkylation sites (N-methyl/N-ethyl adjacent to an activating group) is 1. The summed E-state index contributed by atoms with van der Waals surface area (Å²) < 4.78 is 5.66. The molecule has 2 rings (SSSR count). The topological polar surface area (TPSA) is 55.6 Å². The van der Waals surface area contributed by atoms with E-state index in [9.17, 15) is 4.79 Å². The van der Waals surface area contributed by atoms with Crippen LogP contribution in [-0.2, 0) is 11.3 Å². The second kappa shape index (κ2) is 8.03. The second-order valence-electron chi connectivity index (χ2n) is 5.75. The molecule has 1 amide bonds. The first kappa shape index (κ1) is 15.8. The third kappa shape index (κ3) is 4.46. The van der Waals surface area contributed by atoms with Crippen LogP contribution < -0.4 is 10.5 Å². The van der Waals surface area contributed by atoms with E-state index >= 15 is 0 Å². The Morgan fingerprint density at radius 3 is 2.57 bits per heavy atom. The lowest BCUT2D eigenvalue weighted by molar-refractivity contribution is -0.134. The molecule has 4 heteroatoms. The fraction of sp³-hybridized carbons (Fsp3) is 0.588. The third-order valence-corrected chi connectivity index (χ3v) is 4.31. The Kier molecular flexibility index (Phi) is 6.05. The molecule has 0 radical (unpaired) electrons. The standard InChI is InChI=1S/C17H26N2O2/c1-19(15-9-4-2-3-5-10-15)17(20)13-21-16-11-7-6-8-14(16)12-18/h6-8,11,15H,2-5,9-10,12-13,18H2,1H3. The summed E-state index contributed by atoms with van der Waals surface area (Å²) in [6.07, 6.45) is 7.25. The number of hydrogen-bond acceptors (Lipinski definition) is 3. The van der Waals surface area contributed by atoms with Crippen molar-refractivity contribution in [3.05, 3.63) is 29.8 Å². The molecule has 0 atom stereocenters. The van der Waals surface area contributed by atoms with E-state index in [4.69, 9.17) is 10.5 Å². The summed E-state index contributed by atoms with van der Waals surface area (Å²) in [5.74, 6) is 0.761. The van der Waals surface area contributed by atoms with Gasteiger partial charge in [-0.25, -0.2) is 0 Å². The number of nitrogens with zero attached hydrogens (tertiary/aromatic N) is 1. The molecule has 0 bridgehead atoms. The third-order valence-electron chi connectivity index (χ3n) is 4.31. The van der Waals surface area contributed by atoms with Crippen molar-refractivity contribution >= 4 is 5.91 Å². The summed E-state index contributed by atoms with van der Waals surface area (Å²) in [6, 6.07) is 7.98. The average Bonchev–Trinajstić information content (AvgIpc) is 2.81. The summed E-state index contributed by atoms with van der Waals surface area (Å²) in [4.78, 5) is 14.2. The molecule has 4 nitrogen and oxygen atoms in total. The van der Waals surface area contributed by atoms with Gasteiger partial charge in [0, 0.05) is 25.2 Å². The van der Waals surface area contributed by atoms with Crippen molar-refractivity contribution in [2.24, 2.45) is 5.73 Å². The first-order valence-electron chi connectivity index (χ1n) is 7.89. The minimum Gasteiger partial charge on any atom is -0.483 e. The molecule has 1 aromatic carbocycles. The molecule has 0 spiro atoms. The molecule has 1 aromatic rings. The molecule has 0 aliphatic heterocycles. The van der Waals surface area contributed by atoms with Gasteiger partial charge in [-0.1, -0.05) is 43.9 Å². The molecule has 0 heterocycles. The summed E-state index contributed by atoms with van der Waals surface area (Å²) >= 11 is 0. The van der Waals surface area contributed by atoms with E-state index in [1.807, 2.05) is 36.2 Å². The molecule has 0 aromatic heterocycles. The van der Waals surface area contributed by atoms with Crippen LogP contribution in [0.25, 0.3) is 0 Å². The summed E-state index contributed by atoms with van der Waals surface area (Å²) in [7, 11) is 1.90. The molecule has 1 saturated carbocycles. The quantitative estimate of drug-likeness (QED) is 0.848. The van der Waals surface area contributed by atoms with Gasteiger partial charge in [-0.05, 0) is 18.9 Å². The number of carbonyl (C=O) groups is 1. The van der Waals surface area contributed by atoms with Crippen molar-refractivity contribution in [1.82, 2.24) is 4.90 Å². The van der Waals surface area contributed by atoms with E-state index in [-0.39, 0.29) is 12.5 Å². The molecule has 2 N–H and O–H groups in total. The van der Waals surface area contributed by atoms with E-state index in [0.717, 1.165) is 18.4 Å². The molecular formula is C17H26N2O2. The maximum absolute atomic E-state index is 12.3. The van der Waals surface area contributed by atoms with Crippen LogP contribution in [0.2, 0.25) is 0 Å². The number of para-hydroxylation sites is 1. The average molecular weight is 290 g/mol. The largest absolute Gasteiger partial charge is 0.483 e. The number of nitrogens with two attached hydrogens (primary N) is 1. The van der Waals surface area contributed by atoms with Crippen LogP contribution in [0.15, 0.2) is 24.3 Å². The molecule has 0 saturated heterocycles. The molecule has 1 fully saturated rings. The van der Waals surface area contributed by atoms with E-state index in [1.165, 1.54) is 25.7 Å². The Bertz CT molecular complexity index is 454. The monoisotopic (exact) mass is 290 g/mol. The van der Waals surface area contributed by atoms with Crippen LogP contribution in [-0.4, -0.2) is 30.5 Å². The fourth-order valence-electron chi connectivity index (χ4n) is 2.90. The van der Waals surface area contributed by atoms with Crippen molar-refractivity contribution in [2.75, 3.05) is 13.7 Å². The summed E-state index contributed by atoms with van der Waals surface area (Å²) in [6.45, 7) is 0.507. The van der Waals surface area contributed by atoms with Gasteiger partial charge >= 0.3 is 0 Å². The van der Waals surface area contributed by atoms with Gasteiger partial charge < -0.3 is 15.4 Å². The number of benzene rings is 1. The predicted octanol–water partition coefficient (Wildman–Crippen LogP) is 2.71. The van der Waals surface area contributed by atoms with Gasteiger partial charge in [-0.2, -0.15) is 0 Å². The van der Waals surface area contributed by atoms with Crippen LogP contribution in [0.3, 0.4) is 0 Å². The Morgan fingerprint density at radius 2 is 1.90 bits per heavy atom. The van der Waals surface area contributed by atoms with Crippen molar-refractivity contribution < 1.29 is 9.53 Å². The highest BCUT2D eigenvalue weighted by molar-refractivity contribution is 5.77. The van der Waals surface area contributed by atoms with Crippen LogP contribution in [0.4, 0.5) is 0 Å². The lowest BCUT2D eigenvalue weighted by atomic mass is 10.1. The Balaban J connectivity index is 1.88. The van der Waals surface area contributed by atoms with Crippen LogP contribution in [0.1, 0.15) is 44.1 Å². The Morgan fingerprint density at radius 1 is 1.24 bits per heavy atom. The Hall–Kier alpha value is -1.55.